The van der Waals surface area contributed by atoms with E-state index in [2.05, 4.69) is 42.6 Å². The van der Waals surface area contributed by atoms with Gasteiger partial charge in [-0.15, -0.1) is 0 Å². The van der Waals surface area contributed by atoms with Crippen LogP contribution < -0.4 is 14.7 Å². The number of aryl methyl sites for hydroxylation is 2. The molecule has 4 aliphatic rings. The van der Waals surface area contributed by atoms with Gasteiger partial charge in [-0.1, -0.05) is 102 Å². The lowest BCUT2D eigenvalue weighted by Crippen LogP contribution is -2.48. The van der Waals surface area contributed by atoms with E-state index >= 15 is 0 Å². The Hall–Kier alpha value is -9.27. The summed E-state index contributed by atoms with van der Waals surface area (Å²) < 4.78 is 85.7. The Morgan fingerprint density at radius 1 is 0.316 bits per heavy atom. The molecule has 0 bridgehead atoms. The van der Waals surface area contributed by atoms with Crippen LogP contribution in [0.25, 0.3) is 0 Å². The molecule has 0 aliphatic carbocycles. The number of hydrogen-bond donors (Lipinski definition) is 9. The van der Waals surface area contributed by atoms with Gasteiger partial charge in [0, 0.05) is 160 Å². The number of carbonyl (C=O) groups is 4. The number of urea groups is 4. The quantitative estimate of drug-likeness (QED) is 0.0101. The topological polar surface area (TPSA) is 472 Å². The highest BCUT2D eigenvalue weighted by Crippen LogP contribution is 2.47. The van der Waals surface area contributed by atoms with Crippen molar-refractivity contribution in [3.63, 3.8) is 0 Å². The molecule has 43 nitrogen and oxygen atoms in total. The third-order valence-electron chi connectivity index (χ3n) is 22.4. The molecule has 0 atom stereocenters. The molecule has 4 aliphatic heterocycles. The molecule has 0 unspecified atom stereocenters. The fourth-order valence-electron chi connectivity index (χ4n) is 15.7. The molecule has 0 radical (unpaired) electrons. The third kappa shape index (κ3) is 31.9. The lowest BCUT2D eigenvalue weighted by Gasteiger charge is -2.35. The minimum atomic E-state index is -0.983. The zero-order chi connectivity index (χ0) is 100. The van der Waals surface area contributed by atoms with Crippen molar-refractivity contribution in [1.29, 1.82) is 0 Å². The van der Waals surface area contributed by atoms with Gasteiger partial charge in [0.1, 0.15) is 117 Å². The van der Waals surface area contributed by atoms with Crippen LogP contribution in [0.3, 0.4) is 0 Å². The molecular formula is C93H154N14O29. The molecule has 9 rings (SSSR count). The summed E-state index contributed by atoms with van der Waals surface area (Å²) in [5.41, 5.74) is 6.95. The van der Waals surface area contributed by atoms with E-state index in [-0.39, 0.29) is 213 Å². The fraction of sp³-hybridized carbons (Fsp3) is 0.667. The zero-order valence-electron chi connectivity index (χ0n) is 83.2. The summed E-state index contributed by atoms with van der Waals surface area (Å²) >= 11 is 0. The highest BCUT2D eigenvalue weighted by Gasteiger charge is 2.61. The summed E-state index contributed by atoms with van der Waals surface area (Å²) in [6.45, 7) is 18.1. The Bertz CT molecular complexity index is 3780. The van der Waals surface area contributed by atoms with E-state index in [0.29, 0.717) is 83.2 Å². The SMILES string of the molecule is CCCCOCN1C(=O)N(COCCCC)C2C1N(COCCCC)C(=O)N2COCCCC.CCc1cc(C)cc(CO)c1O.COCN(COC)c1nc(N(COC)COC)nc(N(COC)COC)n1.COCN1C(=O)N(COC)C2C1N(COC)C(=O)N2COC.COCc1cc(C(C)(c2cc(CCO)c(O)c(CCO)c2)c2cc(CCO)c(O)c(COC)c2)cc(CCO)c1O. The Morgan fingerprint density at radius 2 is 0.544 bits per heavy atom. The first-order valence-electron chi connectivity index (χ1n) is 45.7. The van der Waals surface area contributed by atoms with Gasteiger partial charge in [0.25, 0.3) is 0 Å². The van der Waals surface area contributed by atoms with Gasteiger partial charge in [-0.3, -0.25) is 53.9 Å². The number of aromatic nitrogens is 3. The number of unbranched alkanes of at least 4 members (excludes halogenated alkanes) is 4. The van der Waals surface area contributed by atoms with E-state index < -0.39 is 30.1 Å². The number of methoxy groups -OCH3 is 12. The normalized spacial score (nSPS) is 15.7. The van der Waals surface area contributed by atoms with Crippen molar-refractivity contribution in [2.24, 2.45) is 0 Å². The zero-order valence-corrected chi connectivity index (χ0v) is 83.2. The molecular weight excluding hydrogens is 1780 g/mol. The van der Waals surface area contributed by atoms with Crippen LogP contribution in [0.1, 0.15) is 160 Å². The van der Waals surface area contributed by atoms with Gasteiger partial charge in [0.2, 0.25) is 17.8 Å². The first-order valence-corrected chi connectivity index (χ1v) is 45.7. The summed E-state index contributed by atoms with van der Waals surface area (Å²) in [6, 6.07) is 13.7. The number of fused-ring (bicyclic) bond motifs is 2. The fourth-order valence-corrected chi connectivity index (χ4v) is 15.7. The summed E-state index contributed by atoms with van der Waals surface area (Å²) in [6.07, 6.45) is 7.20. The van der Waals surface area contributed by atoms with Crippen LogP contribution in [0.4, 0.5) is 37.0 Å². The molecule has 5 heterocycles. The molecule has 9 N–H and O–H groups in total. The van der Waals surface area contributed by atoms with Crippen molar-refractivity contribution < 1.29 is 141 Å². The third-order valence-corrected chi connectivity index (χ3v) is 22.4. The average Bonchev–Trinajstić information content (AvgIpc) is 1.15. The second-order valence-corrected chi connectivity index (χ2v) is 32.4. The van der Waals surface area contributed by atoms with Gasteiger partial charge >= 0.3 is 24.1 Å². The number of aliphatic hydroxyl groups is 5. The Kier molecular flexibility index (Phi) is 54.6. The van der Waals surface area contributed by atoms with Gasteiger partial charge in [0.05, 0.1) is 19.8 Å². The first-order chi connectivity index (χ1) is 65.7. The molecule has 4 aromatic carbocycles. The lowest BCUT2D eigenvalue weighted by molar-refractivity contribution is -0.0367. The minimum Gasteiger partial charge on any atom is -0.507 e. The number of hydrogen-bond acceptors (Lipinski definition) is 35. The molecule has 770 valence electrons. The maximum atomic E-state index is 13.4. The van der Waals surface area contributed by atoms with E-state index in [0.717, 1.165) is 85.6 Å². The van der Waals surface area contributed by atoms with E-state index in [4.69, 9.17) is 80.9 Å². The number of aliphatic hydroxyl groups excluding tert-OH is 5. The van der Waals surface area contributed by atoms with Crippen LogP contribution in [0.5, 0.6) is 23.0 Å². The molecule has 136 heavy (non-hydrogen) atoms. The molecule has 0 saturated carbocycles. The molecule has 43 heteroatoms. The Morgan fingerprint density at radius 3 is 0.757 bits per heavy atom. The van der Waals surface area contributed by atoms with Crippen molar-refractivity contribution in [2.75, 3.05) is 247 Å². The minimum absolute atomic E-state index is 0.0118. The van der Waals surface area contributed by atoms with E-state index in [1.807, 2.05) is 63.2 Å². The van der Waals surface area contributed by atoms with Gasteiger partial charge in [0.15, 0.2) is 24.7 Å². The van der Waals surface area contributed by atoms with Gasteiger partial charge in [-0.2, -0.15) is 15.0 Å². The van der Waals surface area contributed by atoms with E-state index in [9.17, 15) is 60.0 Å². The summed E-state index contributed by atoms with van der Waals surface area (Å²) in [5, 5.41) is 90.3. The van der Waals surface area contributed by atoms with Crippen LogP contribution in [0.15, 0.2) is 48.5 Å². The summed E-state index contributed by atoms with van der Waals surface area (Å²) in [5.74, 6) is 1.43. The van der Waals surface area contributed by atoms with E-state index in [1.165, 1.54) is 62.3 Å². The molecule has 1 aromatic heterocycles. The van der Waals surface area contributed by atoms with Crippen molar-refractivity contribution in [3.8, 4) is 23.0 Å². The van der Waals surface area contributed by atoms with Crippen LogP contribution in [0, 0.1) is 6.92 Å². The van der Waals surface area contributed by atoms with Crippen molar-refractivity contribution in [3.05, 3.63) is 115 Å². The van der Waals surface area contributed by atoms with Crippen LogP contribution in [0.2, 0.25) is 0 Å². The molecule has 4 fully saturated rings. The number of ether oxygens (including phenoxy) is 16. The summed E-state index contributed by atoms with van der Waals surface area (Å²) in [4.78, 5) is 83.0. The maximum absolute atomic E-state index is 13.4. The second kappa shape index (κ2) is 63.3. The van der Waals surface area contributed by atoms with Crippen LogP contribution in [-0.2, 0) is 133 Å². The maximum Gasteiger partial charge on any atom is 0.327 e. The number of nitrogens with zero attached hydrogens (tertiary/aromatic N) is 14. The van der Waals surface area contributed by atoms with Gasteiger partial charge in [-0.05, 0) is 128 Å². The van der Waals surface area contributed by atoms with Crippen LogP contribution >= 0.6 is 0 Å². The lowest BCUT2D eigenvalue weighted by atomic mass is 9.68. The van der Waals surface area contributed by atoms with Crippen molar-refractivity contribution in [1.82, 2.24) is 54.2 Å². The number of phenolic OH excluding ortho intramolecular Hbond substituents is 3. The molecule has 5 aromatic rings. The van der Waals surface area contributed by atoms with Crippen molar-refractivity contribution in [2.45, 2.75) is 182 Å². The number of amides is 8. The smallest absolute Gasteiger partial charge is 0.327 e. The Balaban J connectivity index is 0.000000313. The monoisotopic (exact) mass is 1930 g/mol. The number of rotatable bonds is 60. The average molecular weight is 1930 g/mol. The number of phenols is 4. The van der Waals surface area contributed by atoms with Gasteiger partial charge in [-0.25, -0.2) is 19.2 Å². The van der Waals surface area contributed by atoms with Gasteiger partial charge < -0.3 is 122 Å². The molecule has 0 spiro atoms. The highest BCUT2D eigenvalue weighted by atomic mass is 16.5. The Labute approximate surface area is 800 Å². The first kappa shape index (κ1) is 117. The number of anilines is 3. The van der Waals surface area contributed by atoms with Crippen molar-refractivity contribution >= 4 is 42.0 Å². The number of benzene rings is 4. The van der Waals surface area contributed by atoms with E-state index in [1.54, 1.807) is 83.0 Å². The standard InChI is InChI=1S/C32H42O9.C24H46N4O6.C15H30N6O6.C12H22N4O6.C10H14O2/c1-32(26-12-20(4-8-33)29(37)21(13-26)5-9-34,27-14-22(6-10-35)30(38)24(16-27)18-40-2)28-15-23(7-11-36)31(39)25(17-28)19-41-3;1-5-9-13-31-17-25-21-22(27(23(25)29)19-33-15-11-7-3)28(20-34-16-12-8-4)24(30)26(21)18-32-14-10-6-2;1-22-7-19(8-23-2)13-16-14(20(9-24-3)10-25-4)18-15(17-13)21(11-26-5)12-27-6;1-19-5-13-9-10(15(7-21-3)11(13)17)16(8-22-4)12(18)14(9)6-20-2;1-3-8-4-7(2)5-9(6-11)10(8)12/h12-17,33-39H,4-11,18-19H2,1-3H3;21-22H,5-20H2,1-4H3;7-12H2,1-6H3;9-10H,5-8H2,1-4H3;4-5,11-12H,3,6H2,1-2H3. The second-order valence-electron chi connectivity index (χ2n) is 32.4. The number of aromatic hydroxyl groups is 4. The van der Waals surface area contributed by atoms with Crippen LogP contribution in [-0.4, -0.2) is 381 Å². The highest BCUT2D eigenvalue weighted by molar-refractivity contribution is 5.86. The summed E-state index contributed by atoms with van der Waals surface area (Å²) in [7, 11) is 18.5. The number of carbonyl (C=O) groups excluding carboxylic acids is 4. The molecule has 4 saturated heterocycles. The largest absolute Gasteiger partial charge is 0.507 e. The predicted octanol–water partition coefficient (Wildman–Crippen LogP) is 8.00. The molecule has 8 amide bonds. The predicted molar refractivity (Wildman–Crippen MR) is 503 cm³/mol.